The molecule has 1 aromatic carbocycles. The lowest BCUT2D eigenvalue weighted by Gasteiger charge is -2.10. The molecule has 5 heteroatoms. The first-order valence-electron chi connectivity index (χ1n) is 9.65. The topological polar surface area (TPSA) is 64.3 Å². The van der Waals surface area contributed by atoms with Crippen LogP contribution in [0.25, 0.3) is 0 Å². The van der Waals surface area contributed by atoms with Gasteiger partial charge in [0, 0.05) is 25.4 Å². The fourth-order valence-electron chi connectivity index (χ4n) is 3.08. The Labute approximate surface area is 161 Å². The Balaban J connectivity index is 1.79. The molecule has 0 aliphatic heterocycles. The summed E-state index contributed by atoms with van der Waals surface area (Å²) in [4.78, 5) is 14.7. The molecule has 0 bridgehead atoms. The van der Waals surface area contributed by atoms with Crippen molar-refractivity contribution < 1.29 is 14.6 Å². The minimum absolute atomic E-state index is 0.271. The highest BCUT2D eigenvalue weighted by molar-refractivity contribution is 5.66. The maximum atomic E-state index is 10.6. The van der Waals surface area contributed by atoms with Crippen LogP contribution in [0.4, 0.5) is 0 Å². The Bertz CT molecular complexity index is 691. The van der Waals surface area contributed by atoms with E-state index >= 15 is 0 Å². The number of aliphatic carboxylic acids is 1. The lowest BCUT2D eigenvalue weighted by molar-refractivity contribution is -0.137. The van der Waals surface area contributed by atoms with Crippen LogP contribution in [-0.2, 0) is 17.8 Å². The van der Waals surface area contributed by atoms with Gasteiger partial charge >= 0.3 is 5.97 Å². The third-order valence-electron chi connectivity index (χ3n) is 4.60. The average molecular weight is 370 g/mol. The minimum atomic E-state index is -0.704. The summed E-state index contributed by atoms with van der Waals surface area (Å²) in [6.07, 6.45) is 15.2. The van der Waals surface area contributed by atoms with E-state index in [4.69, 9.17) is 9.84 Å². The number of hydrogen-bond acceptors (Lipinski definition) is 3. The van der Waals surface area contributed by atoms with E-state index in [9.17, 15) is 4.79 Å². The number of aryl methyl sites for hydroxylation is 1. The van der Waals surface area contributed by atoms with E-state index in [1.54, 1.807) is 13.3 Å². The molecule has 0 amide bonds. The van der Waals surface area contributed by atoms with Gasteiger partial charge in [0.1, 0.15) is 5.75 Å². The van der Waals surface area contributed by atoms with Crippen molar-refractivity contribution in [3.05, 3.63) is 60.2 Å². The van der Waals surface area contributed by atoms with Gasteiger partial charge in [-0.25, -0.2) is 4.98 Å². The van der Waals surface area contributed by atoms with Crippen LogP contribution in [0.1, 0.15) is 50.5 Å². The van der Waals surface area contributed by atoms with Crippen LogP contribution in [0.2, 0.25) is 0 Å². The molecule has 1 N–H and O–H groups in total. The molecule has 1 heterocycles. The normalized spacial score (nSPS) is 11.5. The van der Waals surface area contributed by atoms with Crippen LogP contribution in [0.3, 0.4) is 0 Å². The summed E-state index contributed by atoms with van der Waals surface area (Å²) < 4.78 is 7.31. The number of benzene rings is 1. The zero-order valence-electron chi connectivity index (χ0n) is 16.1. The Morgan fingerprint density at radius 2 is 1.96 bits per heavy atom. The second kappa shape index (κ2) is 11.9. The summed E-state index contributed by atoms with van der Waals surface area (Å²) in [5.41, 5.74) is 2.74. The summed E-state index contributed by atoms with van der Waals surface area (Å²) in [5.74, 6) is 0.187. The van der Waals surface area contributed by atoms with E-state index in [1.807, 2.05) is 24.7 Å². The zero-order chi connectivity index (χ0) is 19.3. The highest BCUT2D eigenvalue weighted by Gasteiger charge is 2.02. The number of carbonyl (C=O) groups is 1. The number of allylic oxidation sites excluding steroid dienone is 2. The van der Waals surface area contributed by atoms with Crippen molar-refractivity contribution >= 4 is 5.97 Å². The molecule has 0 saturated heterocycles. The summed E-state index contributed by atoms with van der Waals surface area (Å²) >= 11 is 0. The van der Waals surface area contributed by atoms with Crippen molar-refractivity contribution in [2.75, 3.05) is 7.11 Å². The SMILES string of the molecule is COc1ccc(CCCC(=CCCCCCC(=O)O)Cn2ccnc2)cc1. The van der Waals surface area contributed by atoms with Gasteiger partial charge in [-0.05, 0) is 56.2 Å². The quantitative estimate of drug-likeness (QED) is 0.403. The van der Waals surface area contributed by atoms with Crippen LogP contribution in [0.5, 0.6) is 5.75 Å². The van der Waals surface area contributed by atoms with E-state index in [1.165, 1.54) is 11.1 Å². The molecular weight excluding hydrogens is 340 g/mol. The third-order valence-corrected chi connectivity index (χ3v) is 4.60. The predicted octanol–water partition coefficient (Wildman–Crippen LogP) is 4.88. The lowest BCUT2D eigenvalue weighted by Crippen LogP contribution is -2.00. The van der Waals surface area contributed by atoms with E-state index in [2.05, 4.69) is 27.8 Å². The van der Waals surface area contributed by atoms with Gasteiger partial charge in [0.25, 0.3) is 0 Å². The van der Waals surface area contributed by atoms with Crippen LogP contribution in [-0.4, -0.2) is 27.7 Å². The van der Waals surface area contributed by atoms with Crippen molar-refractivity contribution in [1.82, 2.24) is 9.55 Å². The molecule has 0 aliphatic rings. The van der Waals surface area contributed by atoms with Crippen molar-refractivity contribution in [3.8, 4) is 5.75 Å². The first-order valence-corrected chi connectivity index (χ1v) is 9.65. The number of nitrogens with zero attached hydrogens (tertiary/aromatic N) is 2. The lowest BCUT2D eigenvalue weighted by atomic mass is 10.0. The predicted molar refractivity (Wildman–Crippen MR) is 107 cm³/mol. The van der Waals surface area contributed by atoms with Gasteiger partial charge in [0.05, 0.1) is 13.4 Å². The first-order chi connectivity index (χ1) is 13.2. The number of methoxy groups -OCH3 is 1. The van der Waals surface area contributed by atoms with Crippen molar-refractivity contribution in [3.63, 3.8) is 0 Å². The summed E-state index contributed by atoms with van der Waals surface area (Å²) in [5, 5.41) is 8.69. The van der Waals surface area contributed by atoms with Crippen molar-refractivity contribution in [1.29, 1.82) is 0 Å². The third kappa shape index (κ3) is 8.58. The number of unbranched alkanes of at least 4 members (excludes halogenated alkanes) is 3. The van der Waals surface area contributed by atoms with Gasteiger partial charge in [-0.3, -0.25) is 4.79 Å². The van der Waals surface area contributed by atoms with Gasteiger partial charge in [0.15, 0.2) is 0 Å². The van der Waals surface area contributed by atoms with Crippen LogP contribution in [0.15, 0.2) is 54.6 Å². The Hall–Kier alpha value is -2.56. The fourth-order valence-corrected chi connectivity index (χ4v) is 3.08. The number of aromatic nitrogens is 2. The molecule has 0 saturated carbocycles. The summed E-state index contributed by atoms with van der Waals surface area (Å²) in [6.45, 7) is 0.873. The maximum Gasteiger partial charge on any atom is 0.303 e. The Kier molecular flexibility index (Phi) is 9.18. The molecule has 0 unspecified atom stereocenters. The number of carboxylic acids is 1. The molecule has 5 nitrogen and oxygen atoms in total. The molecule has 0 spiro atoms. The van der Waals surface area contributed by atoms with E-state index in [0.29, 0.717) is 0 Å². The molecular formula is C22H30N2O3. The highest BCUT2D eigenvalue weighted by atomic mass is 16.5. The highest BCUT2D eigenvalue weighted by Crippen LogP contribution is 2.17. The molecule has 0 radical (unpaired) electrons. The summed E-state index contributed by atoms with van der Waals surface area (Å²) in [7, 11) is 1.68. The van der Waals surface area contributed by atoms with E-state index < -0.39 is 5.97 Å². The zero-order valence-corrected chi connectivity index (χ0v) is 16.1. The number of carboxylic acid groups (broad SMARTS) is 1. The van der Waals surface area contributed by atoms with Crippen LogP contribution < -0.4 is 4.74 Å². The van der Waals surface area contributed by atoms with Gasteiger partial charge < -0.3 is 14.4 Å². The number of ether oxygens (including phenoxy) is 1. The van der Waals surface area contributed by atoms with Gasteiger partial charge in [0.2, 0.25) is 0 Å². The van der Waals surface area contributed by atoms with E-state index in [0.717, 1.165) is 57.2 Å². The second-order valence-corrected chi connectivity index (χ2v) is 6.79. The van der Waals surface area contributed by atoms with Crippen LogP contribution in [0, 0.1) is 0 Å². The smallest absolute Gasteiger partial charge is 0.303 e. The maximum absolute atomic E-state index is 10.6. The first kappa shape index (κ1) is 20.7. The largest absolute Gasteiger partial charge is 0.497 e. The average Bonchev–Trinajstić information content (AvgIpc) is 3.17. The summed E-state index contributed by atoms with van der Waals surface area (Å²) in [6, 6.07) is 8.27. The van der Waals surface area contributed by atoms with Gasteiger partial charge in [-0.15, -0.1) is 0 Å². The van der Waals surface area contributed by atoms with Gasteiger partial charge in [-0.1, -0.05) is 30.2 Å². The molecule has 1 aromatic heterocycles. The standard InChI is InChI=1S/C22H30N2O3/c1-27-21-13-11-19(12-14-21)8-6-9-20(17-24-16-15-23-18-24)7-4-2-3-5-10-22(25)26/h7,11-16,18H,2-6,8-10,17H2,1H3,(H,25,26). The number of hydrogen-bond donors (Lipinski definition) is 1. The Morgan fingerprint density at radius 1 is 1.15 bits per heavy atom. The molecule has 0 fully saturated rings. The van der Waals surface area contributed by atoms with Gasteiger partial charge in [-0.2, -0.15) is 0 Å². The molecule has 2 aromatic rings. The number of imidazole rings is 1. The fraction of sp³-hybridized carbons (Fsp3) is 0.455. The van der Waals surface area contributed by atoms with E-state index in [-0.39, 0.29) is 6.42 Å². The molecule has 2 rings (SSSR count). The number of rotatable bonds is 13. The van der Waals surface area contributed by atoms with Crippen molar-refractivity contribution in [2.45, 2.75) is 57.9 Å². The van der Waals surface area contributed by atoms with Crippen molar-refractivity contribution in [2.24, 2.45) is 0 Å². The molecule has 0 aliphatic carbocycles. The minimum Gasteiger partial charge on any atom is -0.497 e. The molecule has 146 valence electrons. The molecule has 0 atom stereocenters. The monoisotopic (exact) mass is 370 g/mol. The Morgan fingerprint density at radius 3 is 2.63 bits per heavy atom. The molecule has 27 heavy (non-hydrogen) atoms. The second-order valence-electron chi connectivity index (χ2n) is 6.79. The van der Waals surface area contributed by atoms with Crippen LogP contribution >= 0.6 is 0 Å².